The maximum absolute atomic E-state index is 12.7. The van der Waals surface area contributed by atoms with E-state index in [1.165, 1.54) is 24.4 Å². The molecule has 1 saturated heterocycles. The quantitative estimate of drug-likeness (QED) is 0.755. The Morgan fingerprint density at radius 3 is 2.62 bits per heavy atom. The minimum Gasteiger partial charge on any atom is -0.402 e. The maximum Gasteiger partial charge on any atom is 0.573 e. The van der Waals surface area contributed by atoms with E-state index in [0.29, 0.717) is 35.1 Å². The standard InChI is InChI=1S/C22H26F3N5O2/c1-11(2)30-17(21-13-8-15(19(21)18(13)21)29-3-5-31-6-4-29)9-14(28-30)12-7-16(20(26)27-10-12)32-22(23,24)25/h7,9-11,13,15,18-19H,3-6,8H2,1-2H3,(H2,26,27)/t13-,15+,18-,19?,21+/m1/s1. The smallest absolute Gasteiger partial charge is 0.402 e. The summed E-state index contributed by atoms with van der Waals surface area (Å²) in [5, 5.41) is 4.78. The highest BCUT2D eigenvalue weighted by molar-refractivity contribution is 5.66. The van der Waals surface area contributed by atoms with Crippen LogP contribution >= 0.6 is 0 Å². The van der Waals surface area contributed by atoms with Crippen molar-refractivity contribution in [2.75, 3.05) is 32.0 Å². The average Bonchev–Trinajstić information content (AvgIpc) is 3.31. The zero-order valence-corrected chi connectivity index (χ0v) is 18.0. The number of pyridine rings is 1. The molecule has 1 aliphatic heterocycles. The molecule has 5 atom stereocenters. The lowest BCUT2D eigenvalue weighted by molar-refractivity contribution is -0.274. The van der Waals surface area contributed by atoms with Gasteiger partial charge in [-0.25, -0.2) is 4.98 Å². The number of anilines is 1. The van der Waals surface area contributed by atoms with Crippen LogP contribution in [0.3, 0.4) is 0 Å². The number of aromatic nitrogens is 3. The van der Waals surface area contributed by atoms with Crippen molar-refractivity contribution in [1.29, 1.82) is 0 Å². The Labute approximate surface area is 183 Å². The van der Waals surface area contributed by atoms with E-state index in [-0.39, 0.29) is 17.3 Å². The molecule has 7 rings (SSSR count). The van der Waals surface area contributed by atoms with Gasteiger partial charge in [-0.2, -0.15) is 5.10 Å². The number of morpholine rings is 1. The van der Waals surface area contributed by atoms with Crippen LogP contribution in [-0.4, -0.2) is 58.4 Å². The zero-order valence-electron chi connectivity index (χ0n) is 18.0. The number of ether oxygens (including phenoxy) is 2. The molecular formula is C22H26F3N5O2. The van der Waals surface area contributed by atoms with Crippen LogP contribution in [0.25, 0.3) is 11.3 Å². The molecule has 1 unspecified atom stereocenters. The van der Waals surface area contributed by atoms with Gasteiger partial charge in [-0.1, -0.05) is 0 Å². The molecule has 0 aromatic carbocycles. The van der Waals surface area contributed by atoms with Crippen LogP contribution in [0.2, 0.25) is 0 Å². The summed E-state index contributed by atoms with van der Waals surface area (Å²) in [7, 11) is 0. The molecule has 7 nitrogen and oxygen atoms in total. The van der Waals surface area contributed by atoms with E-state index in [0.717, 1.165) is 26.3 Å². The maximum atomic E-state index is 12.7. The Balaban J connectivity index is 1.32. The van der Waals surface area contributed by atoms with Crippen LogP contribution < -0.4 is 10.5 Å². The Morgan fingerprint density at radius 2 is 1.97 bits per heavy atom. The first-order valence-corrected chi connectivity index (χ1v) is 11.1. The largest absolute Gasteiger partial charge is 0.573 e. The van der Waals surface area contributed by atoms with Crippen molar-refractivity contribution >= 4 is 5.82 Å². The van der Waals surface area contributed by atoms with E-state index >= 15 is 0 Å². The third kappa shape index (κ3) is 2.81. The number of nitrogens with zero attached hydrogens (tertiary/aromatic N) is 4. The summed E-state index contributed by atoms with van der Waals surface area (Å²) in [6, 6.07) is 4.05. The Bertz CT molecular complexity index is 1060. The number of nitrogen functional groups attached to an aromatic ring is 1. The number of hydrogen-bond donors (Lipinski definition) is 1. The van der Waals surface area contributed by atoms with Crippen LogP contribution in [0.4, 0.5) is 19.0 Å². The van der Waals surface area contributed by atoms with Crippen molar-refractivity contribution < 1.29 is 22.6 Å². The van der Waals surface area contributed by atoms with Gasteiger partial charge in [0.15, 0.2) is 11.6 Å². The molecule has 2 aromatic rings. The van der Waals surface area contributed by atoms with Gasteiger partial charge in [-0.15, -0.1) is 13.2 Å². The minimum absolute atomic E-state index is 0.142. The average molecular weight is 449 g/mol. The molecule has 5 fully saturated rings. The van der Waals surface area contributed by atoms with Gasteiger partial charge in [0.1, 0.15) is 0 Å². The minimum atomic E-state index is -4.83. The molecule has 0 radical (unpaired) electrons. The second-order valence-corrected chi connectivity index (χ2v) is 9.65. The molecule has 10 heteroatoms. The molecule has 4 aliphatic carbocycles. The number of rotatable bonds is 5. The molecular weight excluding hydrogens is 423 g/mol. The SMILES string of the molecule is CC(C)n1nc(-c2cnc(N)c(OC(F)(F)F)c2)cc1[C@@]12C3[C@@H](N4CCOCC4)C[C@@H]1[C@H]32. The van der Waals surface area contributed by atoms with E-state index in [1.54, 1.807) is 0 Å². The molecule has 2 bridgehead atoms. The van der Waals surface area contributed by atoms with Gasteiger partial charge < -0.3 is 15.2 Å². The van der Waals surface area contributed by atoms with Crippen LogP contribution in [-0.2, 0) is 10.2 Å². The number of hydrogen-bond acceptors (Lipinski definition) is 6. The normalized spacial score (nSPS) is 33.4. The Hall–Kier alpha value is -2.33. The van der Waals surface area contributed by atoms with Gasteiger partial charge in [0.2, 0.25) is 0 Å². The van der Waals surface area contributed by atoms with E-state index in [4.69, 9.17) is 15.6 Å². The predicted octanol–water partition coefficient (Wildman–Crippen LogP) is 3.22. The second-order valence-electron chi connectivity index (χ2n) is 9.65. The first-order valence-electron chi connectivity index (χ1n) is 11.1. The van der Waals surface area contributed by atoms with Crippen molar-refractivity contribution in [3.63, 3.8) is 0 Å². The highest BCUT2D eigenvalue weighted by Gasteiger charge is 2.93. The van der Waals surface area contributed by atoms with Gasteiger partial charge in [-0.05, 0) is 50.2 Å². The predicted molar refractivity (Wildman–Crippen MR) is 110 cm³/mol. The highest BCUT2D eigenvalue weighted by Crippen LogP contribution is 2.91. The van der Waals surface area contributed by atoms with E-state index < -0.39 is 12.1 Å². The van der Waals surface area contributed by atoms with Crippen LogP contribution in [0.5, 0.6) is 5.75 Å². The van der Waals surface area contributed by atoms with Crippen LogP contribution in [0.1, 0.15) is 32.0 Å². The first kappa shape index (κ1) is 20.3. The lowest BCUT2D eigenvalue weighted by atomic mass is 9.99. The van der Waals surface area contributed by atoms with Gasteiger partial charge in [0, 0.05) is 48.0 Å². The highest BCUT2D eigenvalue weighted by atomic mass is 19.4. The monoisotopic (exact) mass is 449 g/mol. The zero-order chi connectivity index (χ0) is 22.4. The van der Waals surface area contributed by atoms with Crippen molar-refractivity contribution in [1.82, 2.24) is 19.7 Å². The van der Waals surface area contributed by atoms with Crippen molar-refractivity contribution in [2.24, 2.45) is 17.8 Å². The van der Waals surface area contributed by atoms with Crippen molar-refractivity contribution in [3.8, 4) is 17.0 Å². The summed E-state index contributed by atoms with van der Waals surface area (Å²) >= 11 is 0. The first-order chi connectivity index (χ1) is 15.2. The van der Waals surface area contributed by atoms with E-state index in [1.807, 2.05) is 10.7 Å². The molecule has 0 amide bonds. The third-order valence-corrected chi connectivity index (χ3v) is 7.82. The van der Waals surface area contributed by atoms with Crippen LogP contribution in [0.15, 0.2) is 18.3 Å². The topological polar surface area (TPSA) is 78.4 Å². The molecule has 3 heterocycles. The Kier molecular flexibility index (Phi) is 4.18. The summed E-state index contributed by atoms with van der Waals surface area (Å²) in [6.45, 7) is 7.74. The molecule has 32 heavy (non-hydrogen) atoms. The summed E-state index contributed by atoms with van der Waals surface area (Å²) in [4.78, 5) is 6.49. The number of nitrogens with two attached hydrogens (primary N) is 1. The van der Waals surface area contributed by atoms with Crippen molar-refractivity contribution in [2.45, 2.75) is 44.1 Å². The lowest BCUT2D eigenvalue weighted by Gasteiger charge is -2.32. The molecule has 2 aromatic heterocycles. The van der Waals surface area contributed by atoms with Gasteiger partial charge in [0.25, 0.3) is 0 Å². The molecule has 5 aliphatic rings. The summed E-state index contributed by atoms with van der Waals surface area (Å²) in [5.41, 5.74) is 8.04. The lowest BCUT2D eigenvalue weighted by Crippen LogP contribution is -2.43. The second kappa shape index (κ2) is 6.60. The van der Waals surface area contributed by atoms with Crippen molar-refractivity contribution in [3.05, 3.63) is 24.0 Å². The Morgan fingerprint density at radius 1 is 1.22 bits per heavy atom. The van der Waals surface area contributed by atoms with E-state index in [9.17, 15) is 13.2 Å². The molecule has 2 N–H and O–H groups in total. The van der Waals surface area contributed by atoms with Gasteiger partial charge in [0.05, 0.1) is 18.9 Å². The summed E-state index contributed by atoms with van der Waals surface area (Å²) in [6.07, 6.45) is -2.17. The molecule has 4 saturated carbocycles. The van der Waals surface area contributed by atoms with Gasteiger partial charge >= 0.3 is 6.36 Å². The van der Waals surface area contributed by atoms with E-state index in [2.05, 4.69) is 28.5 Å². The number of alkyl halides is 3. The molecule has 0 spiro atoms. The fourth-order valence-electron chi connectivity index (χ4n) is 6.53. The number of halogens is 3. The summed E-state index contributed by atoms with van der Waals surface area (Å²) in [5.74, 6) is 1.21. The van der Waals surface area contributed by atoms with Crippen LogP contribution in [0, 0.1) is 17.8 Å². The third-order valence-electron chi connectivity index (χ3n) is 7.82. The van der Waals surface area contributed by atoms with Gasteiger partial charge in [-0.3, -0.25) is 9.58 Å². The molecule has 172 valence electrons. The fourth-order valence-corrected chi connectivity index (χ4v) is 6.53. The number of fused-ring (bicyclic) bond motifs is 1. The summed E-state index contributed by atoms with van der Waals surface area (Å²) < 4.78 is 49.9. The fraction of sp³-hybridized carbons (Fsp3) is 0.636.